The summed E-state index contributed by atoms with van der Waals surface area (Å²) in [5.41, 5.74) is 0.775. The average Bonchev–Trinajstić information content (AvgIpc) is 2.87. The fraction of sp³-hybridized carbons (Fsp3) is 0.500. The summed E-state index contributed by atoms with van der Waals surface area (Å²) in [7, 11) is 0.101. The van der Waals surface area contributed by atoms with Crippen LogP contribution in [0.2, 0.25) is 5.02 Å². The molecule has 1 aromatic carbocycles. The van der Waals surface area contributed by atoms with Gasteiger partial charge in [-0.1, -0.05) is 22.9 Å². The highest BCUT2D eigenvalue weighted by Crippen LogP contribution is 2.40. The molecule has 3 rings (SSSR count). The lowest BCUT2D eigenvalue weighted by Gasteiger charge is -2.40. The summed E-state index contributed by atoms with van der Waals surface area (Å²) in [5, 5.41) is 1.56. The minimum absolute atomic E-state index is 0.319. The molecule has 9 heteroatoms. The number of sulfonamides is 1. The molecule has 0 spiro atoms. The van der Waals surface area contributed by atoms with Crippen LogP contribution in [0.5, 0.6) is 5.75 Å². The van der Waals surface area contributed by atoms with E-state index in [4.69, 9.17) is 16.3 Å². The standard InChI is InChI=1S/C14H18ClN3O3S2/c1-17(23(3,19)20)6-9-7-18(8-9)14-16-12-11(21-2)5-4-10(15)13(12)22-14/h4-5,9H,6-8H2,1-3H3. The predicted octanol–water partition coefficient (Wildman–Crippen LogP) is 2.29. The monoisotopic (exact) mass is 375 g/mol. The molecule has 0 saturated carbocycles. The molecule has 1 aromatic heterocycles. The Bertz CT molecular complexity index is 831. The maximum atomic E-state index is 11.5. The Kier molecular flexibility index (Phi) is 4.43. The van der Waals surface area contributed by atoms with Crippen LogP contribution in [-0.4, -0.2) is 57.8 Å². The molecule has 2 aromatic rings. The van der Waals surface area contributed by atoms with E-state index in [1.165, 1.54) is 21.9 Å². The van der Waals surface area contributed by atoms with Crippen molar-refractivity contribution in [1.82, 2.24) is 9.29 Å². The van der Waals surface area contributed by atoms with E-state index in [9.17, 15) is 8.42 Å². The highest BCUT2D eigenvalue weighted by molar-refractivity contribution is 7.88. The van der Waals surface area contributed by atoms with Crippen molar-refractivity contribution in [2.75, 3.05) is 44.9 Å². The third kappa shape index (κ3) is 3.26. The van der Waals surface area contributed by atoms with Gasteiger partial charge in [0.15, 0.2) is 5.13 Å². The van der Waals surface area contributed by atoms with Crippen LogP contribution < -0.4 is 9.64 Å². The Morgan fingerprint density at radius 2 is 2.17 bits per heavy atom. The van der Waals surface area contributed by atoms with Gasteiger partial charge in [0.25, 0.3) is 0 Å². The number of fused-ring (bicyclic) bond motifs is 1. The number of thiazole rings is 1. The first kappa shape index (κ1) is 16.8. The summed E-state index contributed by atoms with van der Waals surface area (Å²) >= 11 is 7.77. The van der Waals surface area contributed by atoms with Gasteiger partial charge in [-0.25, -0.2) is 17.7 Å². The van der Waals surface area contributed by atoms with Gasteiger partial charge in [-0.05, 0) is 12.1 Å². The smallest absolute Gasteiger partial charge is 0.210 e. The van der Waals surface area contributed by atoms with E-state index in [0.29, 0.717) is 23.2 Å². The largest absolute Gasteiger partial charge is 0.494 e. The molecule has 0 aliphatic carbocycles. The maximum Gasteiger partial charge on any atom is 0.210 e. The zero-order valence-electron chi connectivity index (χ0n) is 13.1. The van der Waals surface area contributed by atoms with Gasteiger partial charge in [0.05, 0.1) is 23.1 Å². The van der Waals surface area contributed by atoms with Crippen LogP contribution in [0.4, 0.5) is 5.13 Å². The second-order valence-corrected chi connectivity index (χ2v) is 9.21. The number of rotatable bonds is 5. The maximum absolute atomic E-state index is 11.5. The number of hydrogen-bond donors (Lipinski definition) is 0. The molecule has 0 amide bonds. The predicted molar refractivity (Wildman–Crippen MR) is 94.4 cm³/mol. The van der Waals surface area contributed by atoms with Crippen LogP contribution in [0.1, 0.15) is 0 Å². The van der Waals surface area contributed by atoms with E-state index in [0.717, 1.165) is 28.4 Å². The average molecular weight is 376 g/mol. The Morgan fingerprint density at radius 3 is 2.78 bits per heavy atom. The topological polar surface area (TPSA) is 62.7 Å². The number of ether oxygens (including phenoxy) is 1. The van der Waals surface area contributed by atoms with Crippen molar-refractivity contribution in [2.24, 2.45) is 5.92 Å². The van der Waals surface area contributed by atoms with Gasteiger partial charge in [-0.2, -0.15) is 0 Å². The second-order valence-electron chi connectivity index (χ2n) is 5.74. The fourth-order valence-corrected chi connectivity index (χ4v) is 4.34. The van der Waals surface area contributed by atoms with Gasteiger partial charge in [0, 0.05) is 32.6 Å². The van der Waals surface area contributed by atoms with E-state index in [2.05, 4.69) is 9.88 Å². The molecule has 1 fully saturated rings. The summed E-state index contributed by atoms with van der Waals surface area (Å²) in [4.78, 5) is 6.77. The Labute approximate surface area is 144 Å². The van der Waals surface area contributed by atoms with Crippen LogP contribution >= 0.6 is 22.9 Å². The Balaban J connectivity index is 1.73. The van der Waals surface area contributed by atoms with E-state index < -0.39 is 10.0 Å². The molecule has 1 saturated heterocycles. The second kappa shape index (κ2) is 6.08. The quantitative estimate of drug-likeness (QED) is 0.802. The minimum Gasteiger partial charge on any atom is -0.494 e. The Morgan fingerprint density at radius 1 is 1.48 bits per heavy atom. The molecule has 2 heterocycles. The van der Waals surface area contributed by atoms with Crippen molar-refractivity contribution >= 4 is 48.3 Å². The molecule has 0 atom stereocenters. The molecule has 0 bridgehead atoms. The SMILES string of the molecule is COc1ccc(Cl)c2sc(N3CC(CN(C)S(C)(=O)=O)C3)nc12. The van der Waals surface area contributed by atoms with Gasteiger partial charge in [0.1, 0.15) is 11.3 Å². The molecular formula is C14H18ClN3O3S2. The third-order valence-electron chi connectivity index (χ3n) is 3.98. The molecule has 0 unspecified atom stereocenters. The van der Waals surface area contributed by atoms with Crippen molar-refractivity contribution in [3.05, 3.63) is 17.2 Å². The van der Waals surface area contributed by atoms with Crippen LogP contribution in [0, 0.1) is 5.92 Å². The number of aromatic nitrogens is 1. The lowest BCUT2D eigenvalue weighted by molar-refractivity contribution is 0.328. The van der Waals surface area contributed by atoms with Crippen LogP contribution in [0.15, 0.2) is 12.1 Å². The van der Waals surface area contributed by atoms with Crippen molar-refractivity contribution in [3.8, 4) is 5.75 Å². The molecule has 0 radical (unpaired) electrons. The molecule has 1 aliphatic heterocycles. The van der Waals surface area contributed by atoms with Gasteiger partial charge in [0.2, 0.25) is 10.0 Å². The number of anilines is 1. The van der Waals surface area contributed by atoms with E-state index >= 15 is 0 Å². The van der Waals surface area contributed by atoms with Crippen molar-refractivity contribution in [3.63, 3.8) is 0 Å². The normalized spacial score (nSPS) is 16.1. The molecule has 6 nitrogen and oxygen atoms in total. The summed E-state index contributed by atoms with van der Waals surface area (Å²) in [5.74, 6) is 1.03. The third-order valence-corrected chi connectivity index (χ3v) is 6.83. The number of methoxy groups -OCH3 is 1. The van der Waals surface area contributed by atoms with Gasteiger partial charge in [-0.3, -0.25) is 0 Å². The summed E-state index contributed by atoms with van der Waals surface area (Å²) in [6.45, 7) is 2.11. The van der Waals surface area contributed by atoms with Crippen LogP contribution in [0.3, 0.4) is 0 Å². The van der Waals surface area contributed by atoms with E-state index in [-0.39, 0.29) is 0 Å². The fourth-order valence-electron chi connectivity index (χ4n) is 2.58. The molecular weight excluding hydrogens is 358 g/mol. The summed E-state index contributed by atoms with van der Waals surface area (Å²) in [6.07, 6.45) is 1.23. The lowest BCUT2D eigenvalue weighted by Crippen LogP contribution is -2.51. The highest BCUT2D eigenvalue weighted by atomic mass is 35.5. The zero-order chi connectivity index (χ0) is 16.8. The van der Waals surface area contributed by atoms with E-state index in [1.54, 1.807) is 14.2 Å². The molecule has 0 N–H and O–H groups in total. The first-order valence-electron chi connectivity index (χ1n) is 7.09. The van der Waals surface area contributed by atoms with Crippen LogP contribution in [-0.2, 0) is 10.0 Å². The number of benzene rings is 1. The van der Waals surface area contributed by atoms with Gasteiger partial charge >= 0.3 is 0 Å². The van der Waals surface area contributed by atoms with Crippen LogP contribution in [0.25, 0.3) is 10.2 Å². The molecule has 1 aliphatic rings. The van der Waals surface area contributed by atoms with Gasteiger partial charge in [-0.15, -0.1) is 0 Å². The molecule has 23 heavy (non-hydrogen) atoms. The zero-order valence-corrected chi connectivity index (χ0v) is 15.5. The number of halogens is 1. The van der Waals surface area contributed by atoms with Crippen molar-refractivity contribution in [1.29, 1.82) is 0 Å². The first-order chi connectivity index (χ1) is 10.8. The molecule has 126 valence electrons. The summed E-state index contributed by atoms with van der Waals surface area (Å²) in [6, 6.07) is 3.62. The summed E-state index contributed by atoms with van der Waals surface area (Å²) < 4.78 is 30.6. The Hall–Kier alpha value is -1.09. The van der Waals surface area contributed by atoms with Gasteiger partial charge < -0.3 is 9.64 Å². The minimum atomic E-state index is -3.12. The highest BCUT2D eigenvalue weighted by Gasteiger charge is 2.31. The number of hydrogen-bond acceptors (Lipinski definition) is 6. The lowest BCUT2D eigenvalue weighted by atomic mass is 10.0. The van der Waals surface area contributed by atoms with Crippen molar-refractivity contribution in [2.45, 2.75) is 0 Å². The van der Waals surface area contributed by atoms with E-state index in [1.807, 2.05) is 12.1 Å². The first-order valence-corrected chi connectivity index (χ1v) is 10.1. The van der Waals surface area contributed by atoms with Crippen molar-refractivity contribution < 1.29 is 13.2 Å². The number of nitrogens with zero attached hydrogens (tertiary/aromatic N) is 3.